The number of nitrogens with one attached hydrogen (secondary N) is 1. The van der Waals surface area contributed by atoms with Crippen molar-refractivity contribution in [3.63, 3.8) is 0 Å². The Balaban J connectivity index is 2.73. The minimum atomic E-state index is -0.257. The predicted molar refractivity (Wildman–Crippen MR) is 70.0 cm³/mol. The van der Waals surface area contributed by atoms with E-state index in [0.29, 0.717) is 5.52 Å². The van der Waals surface area contributed by atoms with Gasteiger partial charge in [-0.25, -0.2) is 9.37 Å². The number of anilines is 1. The first-order chi connectivity index (χ1) is 8.17. The highest BCUT2D eigenvalue weighted by Gasteiger charge is 2.09. The molecule has 17 heavy (non-hydrogen) atoms. The molecule has 0 atom stereocenters. The molecule has 0 radical (unpaired) electrons. The van der Waals surface area contributed by atoms with Gasteiger partial charge >= 0.3 is 0 Å². The molecule has 1 N–H and O–H groups in total. The Labute approximate surface area is 101 Å². The fourth-order valence-electron chi connectivity index (χ4n) is 1.99. The van der Waals surface area contributed by atoms with E-state index in [2.05, 4.69) is 17.2 Å². The van der Waals surface area contributed by atoms with Gasteiger partial charge in [-0.05, 0) is 43.5 Å². The van der Waals surface area contributed by atoms with Crippen LogP contribution in [0.5, 0.6) is 0 Å². The van der Waals surface area contributed by atoms with E-state index < -0.39 is 0 Å². The number of aromatic nitrogens is 1. The molecule has 0 spiro atoms. The van der Waals surface area contributed by atoms with Crippen molar-refractivity contribution >= 4 is 16.7 Å². The average molecular weight is 232 g/mol. The summed E-state index contributed by atoms with van der Waals surface area (Å²) in [4.78, 5) is 4.41. The first kappa shape index (κ1) is 11.8. The second-order valence-corrected chi connectivity index (χ2v) is 4.14. The molecule has 2 nitrogen and oxygen atoms in total. The van der Waals surface area contributed by atoms with Gasteiger partial charge in [-0.15, -0.1) is 0 Å². The Bertz CT molecular complexity index is 549. The van der Waals surface area contributed by atoms with Gasteiger partial charge in [-0.2, -0.15) is 0 Å². The minimum absolute atomic E-state index is 0.257. The normalized spacial score (nSPS) is 10.8. The Morgan fingerprint density at radius 1 is 1.29 bits per heavy atom. The van der Waals surface area contributed by atoms with Crippen LogP contribution in [0.2, 0.25) is 0 Å². The summed E-state index contributed by atoms with van der Waals surface area (Å²) in [6, 6.07) is 5.32. The highest BCUT2D eigenvalue weighted by Crippen LogP contribution is 2.25. The van der Waals surface area contributed by atoms with E-state index in [1.54, 1.807) is 6.07 Å². The lowest BCUT2D eigenvalue weighted by atomic mass is 10.1. The number of fused-ring (bicyclic) bond motifs is 1. The zero-order valence-corrected chi connectivity index (χ0v) is 10.5. The van der Waals surface area contributed by atoms with Crippen molar-refractivity contribution in [1.29, 1.82) is 0 Å². The van der Waals surface area contributed by atoms with Crippen LogP contribution in [0.3, 0.4) is 0 Å². The number of halogens is 1. The largest absolute Gasteiger partial charge is 0.370 e. The van der Waals surface area contributed by atoms with Crippen molar-refractivity contribution in [2.45, 2.75) is 27.2 Å². The lowest BCUT2D eigenvalue weighted by molar-refractivity contribution is 0.636. The smallest absolute Gasteiger partial charge is 0.149 e. The van der Waals surface area contributed by atoms with Crippen molar-refractivity contribution in [1.82, 2.24) is 4.98 Å². The van der Waals surface area contributed by atoms with Crippen LogP contribution in [0.25, 0.3) is 10.9 Å². The van der Waals surface area contributed by atoms with Gasteiger partial charge in [0.25, 0.3) is 0 Å². The van der Waals surface area contributed by atoms with Gasteiger partial charge in [0.05, 0.1) is 0 Å². The topological polar surface area (TPSA) is 24.9 Å². The highest BCUT2D eigenvalue weighted by molar-refractivity contribution is 5.85. The van der Waals surface area contributed by atoms with Crippen LogP contribution < -0.4 is 5.32 Å². The Morgan fingerprint density at radius 3 is 2.71 bits per heavy atom. The summed E-state index contributed by atoms with van der Waals surface area (Å²) in [5.41, 5.74) is 2.65. The highest BCUT2D eigenvalue weighted by atomic mass is 19.1. The summed E-state index contributed by atoms with van der Waals surface area (Å²) in [7, 11) is 0. The molecule has 0 saturated heterocycles. The van der Waals surface area contributed by atoms with Crippen LogP contribution in [0, 0.1) is 12.7 Å². The first-order valence-electron chi connectivity index (χ1n) is 6.00. The van der Waals surface area contributed by atoms with E-state index in [9.17, 15) is 4.39 Å². The summed E-state index contributed by atoms with van der Waals surface area (Å²) in [6.07, 6.45) is 0.890. The molecular formula is C14H17FN2. The Hall–Kier alpha value is -1.64. The second kappa shape index (κ2) is 4.70. The third-order valence-corrected chi connectivity index (χ3v) is 2.96. The molecule has 0 aliphatic heterocycles. The molecule has 0 bridgehead atoms. The van der Waals surface area contributed by atoms with Crippen molar-refractivity contribution in [3.05, 3.63) is 35.1 Å². The van der Waals surface area contributed by atoms with E-state index in [4.69, 9.17) is 0 Å². The maximum atomic E-state index is 13.7. The van der Waals surface area contributed by atoms with Crippen LogP contribution in [0.15, 0.2) is 18.2 Å². The van der Waals surface area contributed by atoms with Crippen molar-refractivity contribution in [2.75, 3.05) is 11.9 Å². The molecule has 0 aliphatic rings. The molecule has 0 amide bonds. The monoisotopic (exact) mass is 232 g/mol. The van der Waals surface area contributed by atoms with Gasteiger partial charge in [0, 0.05) is 11.9 Å². The lowest BCUT2D eigenvalue weighted by Gasteiger charge is -2.11. The molecule has 0 fully saturated rings. The van der Waals surface area contributed by atoms with Crippen molar-refractivity contribution < 1.29 is 4.39 Å². The Morgan fingerprint density at radius 2 is 2.06 bits per heavy atom. The number of aryl methyl sites for hydroxylation is 2. The van der Waals surface area contributed by atoms with Gasteiger partial charge in [-0.3, -0.25) is 0 Å². The van der Waals surface area contributed by atoms with Gasteiger partial charge < -0.3 is 5.32 Å². The number of benzene rings is 1. The molecule has 0 unspecified atom stereocenters. The van der Waals surface area contributed by atoms with E-state index >= 15 is 0 Å². The molecule has 2 rings (SSSR count). The van der Waals surface area contributed by atoms with E-state index in [0.717, 1.165) is 35.3 Å². The van der Waals surface area contributed by atoms with Gasteiger partial charge in [0.1, 0.15) is 17.2 Å². The summed E-state index contributed by atoms with van der Waals surface area (Å²) in [6.45, 7) is 6.87. The van der Waals surface area contributed by atoms with Gasteiger partial charge in [0.2, 0.25) is 0 Å². The van der Waals surface area contributed by atoms with Gasteiger partial charge in [-0.1, -0.05) is 13.0 Å². The molecule has 1 aromatic carbocycles. The quantitative estimate of drug-likeness (QED) is 0.873. The van der Waals surface area contributed by atoms with E-state index in [-0.39, 0.29) is 5.82 Å². The molecular weight excluding hydrogens is 215 g/mol. The fourth-order valence-corrected chi connectivity index (χ4v) is 1.99. The zero-order chi connectivity index (χ0) is 12.4. The summed E-state index contributed by atoms with van der Waals surface area (Å²) < 4.78 is 13.7. The molecule has 1 heterocycles. The number of hydrogen-bond acceptors (Lipinski definition) is 2. The maximum Gasteiger partial charge on any atom is 0.149 e. The van der Waals surface area contributed by atoms with Crippen LogP contribution in [0.1, 0.15) is 25.0 Å². The standard InChI is InChI=1S/C14H17FN2/c1-4-10-8-11-9(3)6-7-12(15)13(11)17-14(10)16-5-2/h6-8H,4-5H2,1-3H3,(H,16,17). The van der Waals surface area contributed by atoms with Crippen LogP contribution in [-0.4, -0.2) is 11.5 Å². The maximum absolute atomic E-state index is 13.7. The number of rotatable bonds is 3. The molecule has 2 aromatic rings. The number of pyridine rings is 1. The minimum Gasteiger partial charge on any atom is -0.370 e. The average Bonchev–Trinajstić information content (AvgIpc) is 2.34. The lowest BCUT2D eigenvalue weighted by Crippen LogP contribution is -2.04. The molecule has 0 saturated carbocycles. The third-order valence-electron chi connectivity index (χ3n) is 2.96. The number of nitrogens with zero attached hydrogens (tertiary/aromatic N) is 1. The molecule has 0 aliphatic carbocycles. The predicted octanol–water partition coefficient (Wildman–Crippen LogP) is 3.68. The van der Waals surface area contributed by atoms with Crippen molar-refractivity contribution in [2.24, 2.45) is 0 Å². The SMILES string of the molecule is CCNc1nc2c(F)ccc(C)c2cc1CC. The van der Waals surface area contributed by atoms with Crippen LogP contribution >= 0.6 is 0 Å². The summed E-state index contributed by atoms with van der Waals surface area (Å²) in [5, 5.41) is 4.09. The summed E-state index contributed by atoms with van der Waals surface area (Å²) >= 11 is 0. The van der Waals surface area contributed by atoms with Crippen LogP contribution in [-0.2, 0) is 6.42 Å². The fraction of sp³-hybridized carbons (Fsp3) is 0.357. The van der Waals surface area contributed by atoms with E-state index in [1.807, 2.05) is 19.9 Å². The molecule has 3 heteroatoms. The third kappa shape index (κ3) is 2.09. The molecule has 1 aromatic heterocycles. The zero-order valence-electron chi connectivity index (χ0n) is 10.5. The molecule has 90 valence electrons. The Kier molecular flexibility index (Phi) is 3.27. The van der Waals surface area contributed by atoms with Crippen molar-refractivity contribution in [3.8, 4) is 0 Å². The van der Waals surface area contributed by atoms with Gasteiger partial charge in [0.15, 0.2) is 0 Å². The summed E-state index contributed by atoms with van der Waals surface area (Å²) in [5.74, 6) is 0.541. The first-order valence-corrected chi connectivity index (χ1v) is 6.00. The number of hydrogen-bond donors (Lipinski definition) is 1. The van der Waals surface area contributed by atoms with Crippen LogP contribution in [0.4, 0.5) is 10.2 Å². The second-order valence-electron chi connectivity index (χ2n) is 4.14. The van der Waals surface area contributed by atoms with E-state index in [1.165, 1.54) is 6.07 Å².